The van der Waals surface area contributed by atoms with Crippen LogP contribution in [0.5, 0.6) is 0 Å². The van der Waals surface area contributed by atoms with Gasteiger partial charge < -0.3 is 0 Å². The molecule has 4 rings (SSSR count). The summed E-state index contributed by atoms with van der Waals surface area (Å²) in [6, 6.07) is 25.8. The first-order valence-electron chi connectivity index (χ1n) is 8.31. The molecule has 0 radical (unpaired) electrons. The highest BCUT2D eigenvalue weighted by Gasteiger charge is 2.10. The molecule has 0 spiro atoms. The smallest absolute Gasteiger partial charge is 0.146 e. The monoisotopic (exact) mass is 339 g/mol. The van der Waals surface area contributed by atoms with E-state index in [2.05, 4.69) is 15.5 Å². The molecule has 2 aromatic carbocycles. The molecule has 5 heteroatoms. The maximum Gasteiger partial charge on any atom is 0.146 e. The summed E-state index contributed by atoms with van der Waals surface area (Å²) < 4.78 is 1.87. The van der Waals surface area contributed by atoms with Crippen molar-refractivity contribution < 1.29 is 0 Å². The largest absolute Gasteiger partial charge is 0.261 e. The average Bonchev–Trinajstić information content (AvgIpc) is 3.14. The molecular formula is C21H17N5. The maximum absolute atomic E-state index is 4.76. The first kappa shape index (κ1) is 15.8. The second kappa shape index (κ2) is 7.44. The SMILES string of the molecule is C(=NNc1ccccn1)c1cn(-c2ccccc2)nc1-c1ccccc1. The third kappa shape index (κ3) is 3.52. The number of rotatable bonds is 5. The van der Waals surface area contributed by atoms with E-state index in [1.807, 2.05) is 89.7 Å². The Kier molecular flexibility index (Phi) is 4.52. The fourth-order valence-corrected chi connectivity index (χ4v) is 2.61. The van der Waals surface area contributed by atoms with Gasteiger partial charge in [-0.2, -0.15) is 10.2 Å². The third-order valence-electron chi connectivity index (χ3n) is 3.86. The molecule has 2 aromatic heterocycles. The summed E-state index contributed by atoms with van der Waals surface area (Å²) in [5.41, 5.74) is 6.78. The summed E-state index contributed by atoms with van der Waals surface area (Å²) in [5.74, 6) is 0.695. The lowest BCUT2D eigenvalue weighted by molar-refractivity contribution is 0.884. The Hall–Kier alpha value is -3.73. The highest BCUT2D eigenvalue weighted by atomic mass is 15.3. The van der Waals surface area contributed by atoms with Gasteiger partial charge in [-0.1, -0.05) is 54.6 Å². The van der Waals surface area contributed by atoms with Gasteiger partial charge in [-0.3, -0.25) is 5.43 Å². The molecule has 4 aromatic rings. The van der Waals surface area contributed by atoms with Gasteiger partial charge in [0.25, 0.3) is 0 Å². The lowest BCUT2D eigenvalue weighted by Crippen LogP contribution is -1.93. The first-order valence-corrected chi connectivity index (χ1v) is 8.31. The third-order valence-corrected chi connectivity index (χ3v) is 3.86. The Labute approximate surface area is 151 Å². The van der Waals surface area contributed by atoms with E-state index in [0.717, 1.165) is 22.5 Å². The van der Waals surface area contributed by atoms with Crippen LogP contribution in [-0.4, -0.2) is 21.0 Å². The van der Waals surface area contributed by atoms with Gasteiger partial charge in [-0.25, -0.2) is 9.67 Å². The molecule has 0 aliphatic heterocycles. The number of hydrazone groups is 1. The van der Waals surface area contributed by atoms with E-state index in [-0.39, 0.29) is 0 Å². The van der Waals surface area contributed by atoms with Crippen LogP contribution >= 0.6 is 0 Å². The number of aromatic nitrogens is 3. The maximum atomic E-state index is 4.76. The summed E-state index contributed by atoms with van der Waals surface area (Å²) in [7, 11) is 0. The molecule has 0 aliphatic carbocycles. The molecule has 126 valence electrons. The van der Waals surface area contributed by atoms with Crippen LogP contribution in [0, 0.1) is 0 Å². The van der Waals surface area contributed by atoms with Gasteiger partial charge in [-0.15, -0.1) is 0 Å². The Balaban J connectivity index is 1.69. The summed E-state index contributed by atoms with van der Waals surface area (Å²) in [6.45, 7) is 0. The highest BCUT2D eigenvalue weighted by Crippen LogP contribution is 2.22. The number of pyridine rings is 1. The van der Waals surface area contributed by atoms with Crippen LogP contribution in [0.3, 0.4) is 0 Å². The van der Waals surface area contributed by atoms with Gasteiger partial charge in [0.15, 0.2) is 0 Å². The van der Waals surface area contributed by atoms with Crippen molar-refractivity contribution in [3.05, 3.63) is 96.8 Å². The number of para-hydroxylation sites is 1. The van der Waals surface area contributed by atoms with Crippen molar-refractivity contribution in [3.8, 4) is 16.9 Å². The minimum absolute atomic E-state index is 0.695. The Morgan fingerprint density at radius 2 is 1.58 bits per heavy atom. The Morgan fingerprint density at radius 3 is 2.31 bits per heavy atom. The summed E-state index contributed by atoms with van der Waals surface area (Å²) in [5, 5.41) is 9.07. The van der Waals surface area contributed by atoms with Crippen LogP contribution < -0.4 is 5.43 Å². The molecule has 26 heavy (non-hydrogen) atoms. The van der Waals surface area contributed by atoms with Crippen LogP contribution in [0.2, 0.25) is 0 Å². The highest BCUT2D eigenvalue weighted by molar-refractivity contribution is 5.89. The lowest BCUT2D eigenvalue weighted by atomic mass is 10.1. The van der Waals surface area contributed by atoms with E-state index < -0.39 is 0 Å². The van der Waals surface area contributed by atoms with Crippen LogP contribution in [0.1, 0.15) is 5.56 Å². The Morgan fingerprint density at radius 1 is 0.846 bits per heavy atom. The number of benzene rings is 2. The Bertz CT molecular complexity index is 993. The number of anilines is 1. The van der Waals surface area contributed by atoms with Crippen molar-refractivity contribution in [2.75, 3.05) is 5.43 Å². The number of hydrogen-bond acceptors (Lipinski definition) is 4. The van der Waals surface area contributed by atoms with Gasteiger partial charge in [0.1, 0.15) is 11.5 Å². The zero-order valence-corrected chi connectivity index (χ0v) is 14.0. The molecule has 0 saturated heterocycles. The van der Waals surface area contributed by atoms with Crippen molar-refractivity contribution in [1.29, 1.82) is 0 Å². The van der Waals surface area contributed by atoms with E-state index in [9.17, 15) is 0 Å². The van der Waals surface area contributed by atoms with Crippen LogP contribution in [0.4, 0.5) is 5.82 Å². The average molecular weight is 339 g/mol. The zero-order chi connectivity index (χ0) is 17.6. The summed E-state index contributed by atoms with van der Waals surface area (Å²) in [6.07, 6.45) is 5.46. The molecule has 0 unspecified atom stereocenters. The van der Waals surface area contributed by atoms with E-state index in [0.29, 0.717) is 5.82 Å². The summed E-state index contributed by atoms with van der Waals surface area (Å²) >= 11 is 0. The topological polar surface area (TPSA) is 55.1 Å². The number of hydrogen-bond donors (Lipinski definition) is 1. The van der Waals surface area contributed by atoms with Gasteiger partial charge in [0, 0.05) is 23.5 Å². The second-order valence-corrected chi connectivity index (χ2v) is 5.66. The zero-order valence-electron chi connectivity index (χ0n) is 14.0. The van der Waals surface area contributed by atoms with Gasteiger partial charge >= 0.3 is 0 Å². The quantitative estimate of drug-likeness (QED) is 0.434. The molecule has 0 atom stereocenters. The normalized spacial score (nSPS) is 10.9. The fourth-order valence-electron chi connectivity index (χ4n) is 2.61. The fraction of sp³-hybridized carbons (Fsp3) is 0. The minimum atomic E-state index is 0.695. The molecular weight excluding hydrogens is 322 g/mol. The van der Waals surface area contributed by atoms with E-state index in [1.54, 1.807) is 12.4 Å². The van der Waals surface area contributed by atoms with Crippen molar-refractivity contribution >= 4 is 12.0 Å². The van der Waals surface area contributed by atoms with Crippen molar-refractivity contribution in [3.63, 3.8) is 0 Å². The van der Waals surface area contributed by atoms with Crippen LogP contribution in [0.15, 0.2) is 96.4 Å². The molecule has 5 nitrogen and oxygen atoms in total. The predicted octanol–water partition coefficient (Wildman–Crippen LogP) is 4.38. The molecule has 1 N–H and O–H groups in total. The predicted molar refractivity (Wildman–Crippen MR) is 104 cm³/mol. The molecule has 0 saturated carbocycles. The first-order chi connectivity index (χ1) is 12.9. The number of nitrogens with zero attached hydrogens (tertiary/aromatic N) is 4. The molecule has 0 fully saturated rings. The lowest BCUT2D eigenvalue weighted by Gasteiger charge is -2.00. The minimum Gasteiger partial charge on any atom is -0.261 e. The molecule has 0 aliphatic rings. The van der Waals surface area contributed by atoms with Crippen molar-refractivity contribution in [2.24, 2.45) is 5.10 Å². The van der Waals surface area contributed by atoms with Crippen molar-refractivity contribution in [1.82, 2.24) is 14.8 Å². The number of nitrogens with one attached hydrogen (secondary N) is 1. The molecule has 2 heterocycles. The van der Waals surface area contributed by atoms with E-state index in [4.69, 9.17) is 5.10 Å². The molecule has 0 amide bonds. The van der Waals surface area contributed by atoms with Crippen LogP contribution in [-0.2, 0) is 0 Å². The van der Waals surface area contributed by atoms with Gasteiger partial charge in [-0.05, 0) is 24.3 Å². The summed E-state index contributed by atoms with van der Waals surface area (Å²) in [4.78, 5) is 4.20. The molecule has 0 bridgehead atoms. The standard InChI is InChI=1S/C21H17N5/c1-3-9-17(10-4-1)21-18(15-23-24-20-13-7-8-14-22-20)16-26(25-21)19-11-5-2-6-12-19/h1-16H,(H,22,24). The van der Waals surface area contributed by atoms with Gasteiger partial charge in [0.2, 0.25) is 0 Å². The van der Waals surface area contributed by atoms with E-state index in [1.165, 1.54) is 0 Å². The van der Waals surface area contributed by atoms with Crippen molar-refractivity contribution in [2.45, 2.75) is 0 Å². The van der Waals surface area contributed by atoms with Crippen LogP contribution in [0.25, 0.3) is 16.9 Å². The van der Waals surface area contributed by atoms with E-state index >= 15 is 0 Å². The van der Waals surface area contributed by atoms with Gasteiger partial charge in [0.05, 0.1) is 11.9 Å². The second-order valence-electron chi connectivity index (χ2n) is 5.66.